The van der Waals surface area contributed by atoms with Gasteiger partial charge in [0.25, 0.3) is 5.91 Å². The number of carbonyl (C=O) groups is 1. The summed E-state index contributed by atoms with van der Waals surface area (Å²) >= 11 is 0. The summed E-state index contributed by atoms with van der Waals surface area (Å²) in [7, 11) is 0. The van der Waals surface area contributed by atoms with Gasteiger partial charge in [-0.05, 0) is 78.4 Å². The average Bonchev–Trinajstić information content (AvgIpc) is 2.74. The number of hydrogen-bond acceptors (Lipinski definition) is 3. The molecule has 0 spiro atoms. The first-order valence-electron chi connectivity index (χ1n) is 10.1. The summed E-state index contributed by atoms with van der Waals surface area (Å²) in [6.45, 7) is 8.36. The van der Waals surface area contributed by atoms with E-state index in [1.165, 1.54) is 11.1 Å². The molecule has 0 saturated carbocycles. The maximum atomic E-state index is 12.2. The van der Waals surface area contributed by atoms with E-state index in [0.717, 1.165) is 22.5 Å². The number of nitrogens with one attached hydrogen (secondary N) is 1. The van der Waals surface area contributed by atoms with Crippen LogP contribution < -0.4 is 10.1 Å². The predicted octanol–water partition coefficient (Wildman–Crippen LogP) is 6.19. The second-order valence-corrected chi connectivity index (χ2v) is 7.71. The van der Waals surface area contributed by atoms with Crippen molar-refractivity contribution in [3.63, 3.8) is 0 Å². The van der Waals surface area contributed by atoms with Crippen LogP contribution in [0.5, 0.6) is 5.75 Å². The van der Waals surface area contributed by atoms with Gasteiger partial charge in [-0.15, -0.1) is 0 Å². The van der Waals surface area contributed by atoms with E-state index in [9.17, 15) is 4.79 Å². The molecule has 0 atom stereocenters. The third-order valence-corrected chi connectivity index (χ3v) is 4.94. The number of rotatable bonds is 7. The fourth-order valence-electron chi connectivity index (χ4n) is 2.94. The van der Waals surface area contributed by atoms with Gasteiger partial charge in [0.05, 0.1) is 5.69 Å². The molecule has 30 heavy (non-hydrogen) atoms. The van der Waals surface area contributed by atoms with E-state index >= 15 is 0 Å². The van der Waals surface area contributed by atoms with Gasteiger partial charge in [-0.2, -0.15) is 0 Å². The Morgan fingerprint density at radius 2 is 1.77 bits per heavy atom. The molecule has 0 aliphatic heterocycles. The number of aryl methyl sites for hydroxylation is 2. The van der Waals surface area contributed by atoms with Crippen molar-refractivity contribution in [2.75, 3.05) is 11.9 Å². The molecule has 0 saturated heterocycles. The lowest BCUT2D eigenvalue weighted by Gasteiger charge is -2.09. The minimum absolute atomic E-state index is 0.0514. The summed E-state index contributed by atoms with van der Waals surface area (Å²) in [6.07, 6.45) is 1.80. The minimum Gasteiger partial charge on any atom is -0.484 e. The van der Waals surface area contributed by atoms with Crippen LogP contribution in [0.25, 0.3) is 0 Å². The van der Waals surface area contributed by atoms with Gasteiger partial charge in [0.2, 0.25) is 0 Å². The van der Waals surface area contributed by atoms with Crippen molar-refractivity contribution >= 4 is 23.5 Å². The molecule has 1 N–H and O–H groups in total. The number of amides is 1. The highest BCUT2D eigenvalue weighted by Gasteiger charge is 2.05. The van der Waals surface area contributed by atoms with Gasteiger partial charge >= 0.3 is 0 Å². The monoisotopic (exact) mass is 400 g/mol. The van der Waals surface area contributed by atoms with Crippen LogP contribution in [0.2, 0.25) is 0 Å². The van der Waals surface area contributed by atoms with Gasteiger partial charge in [0, 0.05) is 11.9 Å². The number of benzene rings is 3. The first-order valence-corrected chi connectivity index (χ1v) is 10.1. The summed E-state index contributed by atoms with van der Waals surface area (Å²) in [4.78, 5) is 16.7. The first-order chi connectivity index (χ1) is 14.4. The molecule has 0 radical (unpaired) electrons. The largest absolute Gasteiger partial charge is 0.484 e. The van der Waals surface area contributed by atoms with Crippen molar-refractivity contribution in [1.82, 2.24) is 0 Å². The van der Waals surface area contributed by atoms with Crippen LogP contribution >= 0.6 is 0 Å². The van der Waals surface area contributed by atoms with E-state index in [4.69, 9.17) is 4.74 Å². The highest BCUT2D eigenvalue weighted by molar-refractivity contribution is 5.92. The third kappa shape index (κ3) is 6.05. The molecule has 0 aliphatic rings. The zero-order valence-corrected chi connectivity index (χ0v) is 18.0. The molecule has 3 rings (SSSR count). The van der Waals surface area contributed by atoms with Gasteiger partial charge in [0.1, 0.15) is 5.75 Å². The molecule has 4 heteroatoms. The molecule has 1 amide bonds. The lowest BCUT2D eigenvalue weighted by Crippen LogP contribution is -2.20. The Hall–Kier alpha value is -3.40. The normalized spacial score (nSPS) is 11.1. The van der Waals surface area contributed by atoms with Gasteiger partial charge in [-0.3, -0.25) is 9.79 Å². The van der Waals surface area contributed by atoms with Crippen molar-refractivity contribution in [2.45, 2.75) is 33.6 Å². The Morgan fingerprint density at radius 1 is 1.00 bits per heavy atom. The van der Waals surface area contributed by atoms with Crippen LogP contribution in [0.3, 0.4) is 0 Å². The number of aliphatic imine (C=N–C) groups is 1. The Kier molecular flexibility index (Phi) is 7.02. The second-order valence-electron chi connectivity index (χ2n) is 7.71. The van der Waals surface area contributed by atoms with E-state index in [0.29, 0.717) is 11.7 Å². The molecular formula is C26H28N2O2. The number of carbonyl (C=O) groups excluding carboxylic acids is 1. The van der Waals surface area contributed by atoms with Gasteiger partial charge in [-0.1, -0.05) is 44.2 Å². The maximum Gasteiger partial charge on any atom is 0.262 e. The van der Waals surface area contributed by atoms with E-state index in [1.54, 1.807) is 6.21 Å². The van der Waals surface area contributed by atoms with Crippen LogP contribution in [0.15, 0.2) is 71.7 Å². The Bertz CT molecular complexity index is 1040. The van der Waals surface area contributed by atoms with Crippen LogP contribution in [0.1, 0.15) is 42.0 Å². The molecule has 0 bridgehead atoms. The van der Waals surface area contributed by atoms with E-state index < -0.39 is 0 Å². The lowest BCUT2D eigenvalue weighted by atomic mass is 10.0. The van der Waals surface area contributed by atoms with Crippen LogP contribution in [0, 0.1) is 13.8 Å². The Balaban J connectivity index is 1.57. The Morgan fingerprint density at radius 3 is 2.47 bits per heavy atom. The number of anilines is 1. The smallest absolute Gasteiger partial charge is 0.262 e. The quantitative estimate of drug-likeness (QED) is 0.480. The van der Waals surface area contributed by atoms with Crippen molar-refractivity contribution in [3.8, 4) is 5.75 Å². The summed E-state index contributed by atoms with van der Waals surface area (Å²) in [5.41, 5.74) is 6.21. The van der Waals surface area contributed by atoms with Gasteiger partial charge in [0.15, 0.2) is 6.61 Å². The number of hydrogen-bond donors (Lipinski definition) is 1. The van der Waals surface area contributed by atoms with E-state index in [-0.39, 0.29) is 12.5 Å². The van der Waals surface area contributed by atoms with Gasteiger partial charge in [-0.25, -0.2) is 0 Å². The fraction of sp³-hybridized carbons (Fsp3) is 0.231. The minimum atomic E-state index is -0.192. The lowest BCUT2D eigenvalue weighted by molar-refractivity contribution is -0.118. The number of nitrogens with zero attached hydrogens (tertiary/aromatic N) is 1. The average molecular weight is 401 g/mol. The fourth-order valence-corrected chi connectivity index (χ4v) is 2.94. The van der Waals surface area contributed by atoms with Crippen molar-refractivity contribution < 1.29 is 9.53 Å². The summed E-state index contributed by atoms with van der Waals surface area (Å²) in [5.74, 6) is 0.941. The molecule has 0 aliphatic carbocycles. The zero-order chi connectivity index (χ0) is 21.5. The predicted molar refractivity (Wildman–Crippen MR) is 124 cm³/mol. The molecular weight excluding hydrogens is 372 g/mol. The van der Waals surface area contributed by atoms with Crippen molar-refractivity contribution in [2.24, 2.45) is 4.99 Å². The summed E-state index contributed by atoms with van der Waals surface area (Å²) in [5, 5.41) is 2.86. The van der Waals surface area contributed by atoms with Crippen LogP contribution in [-0.2, 0) is 4.79 Å². The molecule has 3 aromatic carbocycles. The molecule has 0 heterocycles. The summed E-state index contributed by atoms with van der Waals surface area (Å²) in [6, 6.07) is 21.6. The highest BCUT2D eigenvalue weighted by Crippen LogP contribution is 2.20. The SMILES string of the molecule is Cc1ccc(NC(=O)COc2cccc(C=Nc3ccc(C(C)C)cc3)c2)cc1C. The van der Waals surface area contributed by atoms with Crippen molar-refractivity contribution in [1.29, 1.82) is 0 Å². The molecule has 4 nitrogen and oxygen atoms in total. The Labute approximate surface area is 178 Å². The molecule has 3 aromatic rings. The standard InChI is InChI=1S/C26H28N2O2/c1-18(2)22-9-12-23(13-10-22)27-16-21-6-5-7-25(15-21)30-17-26(29)28-24-11-8-19(3)20(4)14-24/h5-16,18H,17H2,1-4H3,(H,28,29). The molecule has 154 valence electrons. The zero-order valence-electron chi connectivity index (χ0n) is 18.0. The van der Waals surface area contributed by atoms with E-state index in [1.807, 2.05) is 68.4 Å². The van der Waals surface area contributed by atoms with Crippen LogP contribution in [0.4, 0.5) is 11.4 Å². The highest BCUT2D eigenvalue weighted by atomic mass is 16.5. The van der Waals surface area contributed by atoms with Crippen molar-refractivity contribution in [3.05, 3.63) is 89.0 Å². The maximum absolute atomic E-state index is 12.2. The molecule has 0 aromatic heterocycles. The van der Waals surface area contributed by atoms with Gasteiger partial charge < -0.3 is 10.1 Å². The molecule has 0 fully saturated rings. The van der Waals surface area contributed by atoms with E-state index in [2.05, 4.69) is 36.3 Å². The first kappa shape index (κ1) is 21.3. The number of ether oxygens (including phenoxy) is 1. The topological polar surface area (TPSA) is 50.7 Å². The summed E-state index contributed by atoms with van der Waals surface area (Å²) < 4.78 is 5.66. The third-order valence-electron chi connectivity index (χ3n) is 4.94. The second kappa shape index (κ2) is 9.88. The molecule has 0 unspecified atom stereocenters. The van der Waals surface area contributed by atoms with Crippen LogP contribution in [-0.4, -0.2) is 18.7 Å².